The molecule has 0 fully saturated rings. The Morgan fingerprint density at radius 3 is 1.16 bits per heavy atom. The number of hydrogen-bond donors (Lipinski definition) is 3. The average molecular weight is 1500 g/mol. The third-order valence-electron chi connectivity index (χ3n) is 16.2. The van der Waals surface area contributed by atoms with Crippen LogP contribution in [0.25, 0.3) is 10.9 Å². The molecule has 5 heterocycles. The van der Waals surface area contributed by atoms with Crippen LogP contribution in [0.3, 0.4) is 0 Å². The van der Waals surface area contributed by atoms with Gasteiger partial charge >= 0.3 is 30.2 Å². The number of amides is 9. The summed E-state index contributed by atoms with van der Waals surface area (Å²) in [5.41, 5.74) is 11.0. The van der Waals surface area contributed by atoms with Crippen LogP contribution in [0.5, 0.6) is 0 Å². The van der Waals surface area contributed by atoms with E-state index in [1.165, 1.54) is 51.4 Å². The molecule has 6 aromatic rings. The minimum Gasteiger partial charge on any atom is -0.444 e. The van der Waals surface area contributed by atoms with Crippen molar-refractivity contribution in [1.29, 1.82) is 0 Å². The highest BCUT2D eigenvalue weighted by atomic mass is 35.5. The number of unbranched alkanes of at least 4 members (excludes halogenated alkanes) is 10. The van der Waals surface area contributed by atoms with Crippen molar-refractivity contribution in [2.75, 3.05) is 52.9 Å². The van der Waals surface area contributed by atoms with Crippen LogP contribution in [0, 0.1) is 13.8 Å². The maximum Gasteiger partial charge on any atom is 0.410 e. The van der Waals surface area contributed by atoms with E-state index in [4.69, 9.17) is 31.5 Å². The number of alkyl carbamates (subject to hydrolysis) is 2. The van der Waals surface area contributed by atoms with E-state index in [0.717, 1.165) is 68.7 Å². The van der Waals surface area contributed by atoms with Gasteiger partial charge in [-0.05, 0) is 212 Å². The summed E-state index contributed by atoms with van der Waals surface area (Å²) in [5.74, 6) is -2.24. The monoisotopic (exact) mass is 1500 g/mol. The molecule has 5 aromatic carbocycles. The number of hydrogen-bond acceptors (Lipinski definition) is 18. The first-order valence-corrected chi connectivity index (χ1v) is 36.2. The van der Waals surface area contributed by atoms with Gasteiger partial charge in [0.25, 0.3) is 35.4 Å². The smallest absolute Gasteiger partial charge is 0.410 e. The van der Waals surface area contributed by atoms with Gasteiger partial charge in [-0.15, -0.1) is 12.4 Å². The van der Waals surface area contributed by atoms with E-state index in [2.05, 4.69) is 46.1 Å². The Labute approximate surface area is 633 Å². The number of carbonyl (C=O) groups excluding carboxylic acids is 11. The second-order valence-corrected chi connectivity index (χ2v) is 28.8. The van der Waals surface area contributed by atoms with Gasteiger partial charge in [0.1, 0.15) is 28.3 Å². The van der Waals surface area contributed by atoms with Crippen molar-refractivity contribution in [2.24, 2.45) is 5.73 Å². The topological polar surface area (TPSA) is 314 Å². The van der Waals surface area contributed by atoms with Gasteiger partial charge in [-0.3, -0.25) is 43.5 Å². The zero-order valence-electron chi connectivity index (χ0n) is 63.5. The van der Waals surface area contributed by atoms with Crippen LogP contribution < -0.4 is 16.4 Å². The molecule has 0 spiro atoms. The molecule has 26 heteroatoms. The fourth-order valence-corrected chi connectivity index (χ4v) is 11.0. The van der Waals surface area contributed by atoms with E-state index in [-0.39, 0.29) is 60.0 Å². The molecule has 9 amide bonds. The number of nitrogens with zero attached hydrogens (tertiary/aromatic N) is 6. The van der Waals surface area contributed by atoms with E-state index in [0.29, 0.717) is 108 Å². The largest absolute Gasteiger partial charge is 0.444 e. The van der Waals surface area contributed by atoms with Gasteiger partial charge in [-0.2, -0.15) is 0 Å². The van der Waals surface area contributed by atoms with Gasteiger partial charge in [0.05, 0.1) is 50.0 Å². The number of aryl methyl sites for hydroxylation is 2. The summed E-state index contributed by atoms with van der Waals surface area (Å²) in [6.07, 6.45) is 13.6. The number of benzene rings is 5. The van der Waals surface area contributed by atoms with E-state index >= 15 is 0 Å². The minimum absolute atomic E-state index is 0. The van der Waals surface area contributed by atoms with E-state index in [1.807, 2.05) is 74.4 Å². The number of imide groups is 3. The van der Waals surface area contributed by atoms with Crippen LogP contribution >= 0.6 is 24.0 Å². The van der Waals surface area contributed by atoms with Crippen molar-refractivity contribution in [3.8, 4) is 0 Å². The van der Waals surface area contributed by atoms with Crippen molar-refractivity contribution in [1.82, 2.24) is 40.2 Å². The van der Waals surface area contributed by atoms with Crippen molar-refractivity contribution in [2.45, 2.75) is 190 Å². The molecule has 0 atom stereocenters. The molecule has 574 valence electrons. The van der Waals surface area contributed by atoms with E-state index in [1.54, 1.807) is 109 Å². The predicted octanol–water partition coefficient (Wildman–Crippen LogP) is 15.5. The van der Waals surface area contributed by atoms with Crippen LogP contribution in [-0.2, 0) is 18.9 Å². The Kier molecular flexibility index (Phi) is 36.1. The highest BCUT2D eigenvalue weighted by Crippen LogP contribution is 2.27. The number of fused-ring (bicyclic) bond motifs is 5. The summed E-state index contributed by atoms with van der Waals surface area (Å²) in [4.78, 5) is 143. The highest BCUT2D eigenvalue weighted by Gasteiger charge is 2.37. The lowest BCUT2D eigenvalue weighted by molar-refractivity contribution is 0.0293. The van der Waals surface area contributed by atoms with Crippen molar-refractivity contribution < 1.29 is 71.7 Å². The number of carbonyl (C=O) groups is 11. The van der Waals surface area contributed by atoms with Crippen LogP contribution in [0.2, 0.25) is 5.15 Å². The molecular formula is C80H105Cl2N9O15. The van der Waals surface area contributed by atoms with Crippen LogP contribution in [0.4, 0.5) is 14.4 Å². The molecule has 4 aliphatic rings. The van der Waals surface area contributed by atoms with E-state index < -0.39 is 34.8 Å². The lowest BCUT2D eigenvalue weighted by Crippen LogP contribution is -2.34. The molecule has 0 saturated heterocycles. The first-order valence-electron chi connectivity index (χ1n) is 35.8. The van der Waals surface area contributed by atoms with Gasteiger partial charge < -0.3 is 40.2 Å². The molecule has 0 saturated carbocycles. The summed E-state index contributed by atoms with van der Waals surface area (Å²) in [5, 5.41) is 6.83. The summed E-state index contributed by atoms with van der Waals surface area (Å²) < 4.78 is 19.9. The Hall–Kier alpha value is -9.65. The maximum atomic E-state index is 12.2. The van der Waals surface area contributed by atoms with Gasteiger partial charge in [-0.25, -0.2) is 33.9 Å². The number of nitrogens with two attached hydrogens (primary N) is 1. The van der Waals surface area contributed by atoms with Crippen LogP contribution in [0.15, 0.2) is 116 Å². The van der Waals surface area contributed by atoms with Gasteiger partial charge in [0, 0.05) is 51.7 Å². The Bertz CT molecular complexity index is 3880. The van der Waals surface area contributed by atoms with Crippen molar-refractivity contribution in [3.63, 3.8) is 0 Å². The fraction of sp³-hybridized carbons (Fsp3) is 0.463. The van der Waals surface area contributed by atoms with Crippen molar-refractivity contribution >= 4 is 101 Å². The second-order valence-electron chi connectivity index (χ2n) is 28.4. The molecule has 1 aromatic heterocycles. The molecule has 4 aliphatic heterocycles. The summed E-state index contributed by atoms with van der Waals surface area (Å²) in [7, 11) is 1.71. The number of ether oxygens (including phenoxy) is 4. The van der Waals surface area contributed by atoms with Gasteiger partial charge in [0.2, 0.25) is 0 Å². The third kappa shape index (κ3) is 28.3. The SMILES string of the molecule is CC(C)(C)OC(=O)NCCCCCN.CC(C)(C)OC(=O)NCCCCCN1C(=O)c2ccccc2C1=O.CCCCCCCN1C(=O)c2ccccc2C1=O.CN(CCCCCN1C(=O)c2ccccc2C1=O)C(=O)OC(C)(C)C.Cc1cc2ncnc(Cl)c2cc1C.Cl.O=C1OC(=O)c2ccccc21. The molecule has 0 bridgehead atoms. The van der Waals surface area contributed by atoms with Gasteiger partial charge in [0.15, 0.2) is 0 Å². The minimum atomic E-state index is -0.550. The zero-order chi connectivity index (χ0) is 77.6. The normalized spacial score (nSPS) is 13.1. The quantitative estimate of drug-likeness (QED) is 0.0134. The first kappa shape index (κ1) is 88.7. The Balaban J connectivity index is 0.000000275. The molecule has 24 nitrogen and oxygen atoms in total. The number of halogens is 2. The van der Waals surface area contributed by atoms with Crippen molar-refractivity contribution in [3.05, 3.63) is 176 Å². The lowest BCUT2D eigenvalue weighted by atomic mass is 10.1. The number of nitrogens with one attached hydrogen (secondary N) is 2. The Morgan fingerprint density at radius 2 is 0.802 bits per heavy atom. The number of aromatic nitrogens is 2. The first-order chi connectivity index (χ1) is 49.7. The van der Waals surface area contributed by atoms with E-state index in [9.17, 15) is 52.7 Å². The summed E-state index contributed by atoms with van der Waals surface area (Å²) in [6.45, 7) is 26.6. The predicted molar refractivity (Wildman–Crippen MR) is 410 cm³/mol. The maximum absolute atomic E-state index is 12.2. The van der Waals surface area contributed by atoms with Crippen LogP contribution in [0.1, 0.15) is 253 Å². The molecular weight excluding hydrogens is 1400 g/mol. The summed E-state index contributed by atoms with van der Waals surface area (Å²) >= 11 is 5.93. The molecule has 4 N–H and O–H groups in total. The highest BCUT2D eigenvalue weighted by molar-refractivity contribution is 6.34. The number of esters is 2. The lowest BCUT2D eigenvalue weighted by Gasteiger charge is -2.24. The second kappa shape index (κ2) is 43.1. The third-order valence-corrected chi connectivity index (χ3v) is 16.5. The molecule has 0 aliphatic carbocycles. The van der Waals surface area contributed by atoms with Gasteiger partial charge in [-0.1, -0.05) is 99.2 Å². The average Bonchev–Trinajstić information content (AvgIpc) is 1.48. The Morgan fingerprint density at radius 1 is 0.472 bits per heavy atom. The standard InChI is InChI=1S/C19H26N2O4.C18H24N2O4.C15H19NO2.C10H9ClN2.C10H22N2O2.C8H4O3.ClH/c1-19(2,3)25-18(24)20(4)12-8-5-9-13-21-16(22)14-10-6-7-11-15(14)17(21)23;1-18(2,3)24-17(23)19-11-7-4-8-12-20-15(21)13-9-5-6-10-14(13)16(20)22;1-2-3-4-5-8-11-16-14(17)12-9-6-7-10-13(12)15(16)18;1-6-3-8-9(4-7(6)2)12-5-13-10(8)11;1-10(2,3)14-9(13)12-8-6-4-5-7-11;9-7-5-3-1-2-4-6(5)8(10)11-7;/h6-7,10-11H,5,8-9,12-13H2,1-4H3;5-6,9-10H,4,7-8,11-12H2,1-3H3,(H,19,23);6-7,9-10H,2-5,8,11H2,1H3;3-5H,1-2H3;4-8,11H2,1-3H3,(H,12,13);1-4H;1H. The fourth-order valence-electron chi connectivity index (χ4n) is 10.8. The molecule has 0 radical (unpaired) electrons. The summed E-state index contributed by atoms with van der Waals surface area (Å²) in [6, 6.07) is 31.4. The van der Waals surface area contributed by atoms with Crippen LogP contribution in [-0.4, -0.2) is 165 Å². The number of cyclic esters (lactones) is 2. The molecule has 10 rings (SSSR count). The number of rotatable bonds is 23. The zero-order valence-corrected chi connectivity index (χ0v) is 65.1. The molecule has 106 heavy (non-hydrogen) atoms. The molecule has 0 unspecified atom stereocenters.